The third kappa shape index (κ3) is 3.68. The third-order valence-corrected chi connectivity index (χ3v) is 4.27. The van der Waals surface area contributed by atoms with Gasteiger partial charge in [-0.05, 0) is 30.4 Å². The van der Waals surface area contributed by atoms with Crippen molar-refractivity contribution >= 4 is 5.78 Å². The topological polar surface area (TPSA) is 40.5 Å². The molecule has 0 bridgehead atoms. The maximum Gasteiger partial charge on any atom is 0.176 e. The fourth-order valence-electron chi connectivity index (χ4n) is 2.61. The standard InChI is InChI=1S/C17H25NO2/c1-12(2)14-4-6-15(7-5-14)17(20)11-18-9-8-13(3)16(19)10-18/h4-7,12-13,16,19H,8-11H2,1-3H3. The predicted molar refractivity (Wildman–Crippen MR) is 81.1 cm³/mol. The van der Waals surface area contributed by atoms with Crippen LogP contribution >= 0.6 is 0 Å². The van der Waals surface area contributed by atoms with Gasteiger partial charge in [0.05, 0.1) is 12.6 Å². The molecule has 1 aromatic rings. The van der Waals surface area contributed by atoms with Gasteiger partial charge < -0.3 is 5.11 Å². The van der Waals surface area contributed by atoms with E-state index in [1.165, 1.54) is 5.56 Å². The molecular weight excluding hydrogens is 250 g/mol. The average molecular weight is 275 g/mol. The fraction of sp³-hybridized carbons (Fsp3) is 0.588. The lowest BCUT2D eigenvalue weighted by Crippen LogP contribution is -2.44. The first-order chi connectivity index (χ1) is 9.47. The molecule has 1 aromatic carbocycles. The van der Waals surface area contributed by atoms with Gasteiger partial charge in [-0.2, -0.15) is 0 Å². The highest BCUT2D eigenvalue weighted by Crippen LogP contribution is 2.18. The van der Waals surface area contributed by atoms with E-state index >= 15 is 0 Å². The molecule has 2 unspecified atom stereocenters. The van der Waals surface area contributed by atoms with E-state index in [1.54, 1.807) is 0 Å². The molecule has 2 rings (SSSR count). The number of likely N-dealkylation sites (tertiary alicyclic amines) is 1. The molecule has 1 fully saturated rings. The van der Waals surface area contributed by atoms with Crippen molar-refractivity contribution in [3.8, 4) is 0 Å². The van der Waals surface area contributed by atoms with Crippen LogP contribution in [0.15, 0.2) is 24.3 Å². The maximum absolute atomic E-state index is 12.3. The Bertz CT molecular complexity index is 453. The molecule has 0 aromatic heterocycles. The number of aliphatic hydroxyl groups is 1. The van der Waals surface area contributed by atoms with Gasteiger partial charge in [0, 0.05) is 12.1 Å². The maximum atomic E-state index is 12.3. The summed E-state index contributed by atoms with van der Waals surface area (Å²) < 4.78 is 0. The summed E-state index contributed by atoms with van der Waals surface area (Å²) in [6, 6.07) is 7.90. The molecule has 20 heavy (non-hydrogen) atoms. The van der Waals surface area contributed by atoms with Gasteiger partial charge in [0.2, 0.25) is 0 Å². The van der Waals surface area contributed by atoms with E-state index in [2.05, 4.69) is 25.7 Å². The van der Waals surface area contributed by atoms with Crippen LogP contribution in [0.2, 0.25) is 0 Å². The lowest BCUT2D eigenvalue weighted by Gasteiger charge is -2.33. The van der Waals surface area contributed by atoms with E-state index in [0.717, 1.165) is 18.5 Å². The molecular formula is C17H25NO2. The molecule has 0 radical (unpaired) electrons. The fourth-order valence-corrected chi connectivity index (χ4v) is 2.61. The number of hydrogen-bond donors (Lipinski definition) is 1. The van der Waals surface area contributed by atoms with Crippen LogP contribution in [0.3, 0.4) is 0 Å². The van der Waals surface area contributed by atoms with E-state index in [-0.39, 0.29) is 11.9 Å². The molecule has 2 atom stereocenters. The van der Waals surface area contributed by atoms with Crippen LogP contribution in [0.5, 0.6) is 0 Å². The largest absolute Gasteiger partial charge is 0.392 e. The number of β-amino-alcohol motifs (C(OH)–C–C–N with tert-alkyl or cyclic N) is 1. The number of carbonyl (C=O) groups excluding carboxylic acids is 1. The first kappa shape index (κ1) is 15.2. The number of carbonyl (C=O) groups is 1. The van der Waals surface area contributed by atoms with Crippen LogP contribution in [0, 0.1) is 5.92 Å². The average Bonchev–Trinajstić information content (AvgIpc) is 2.43. The quantitative estimate of drug-likeness (QED) is 0.859. The van der Waals surface area contributed by atoms with Crippen molar-refractivity contribution in [2.24, 2.45) is 5.92 Å². The van der Waals surface area contributed by atoms with Crippen molar-refractivity contribution in [3.05, 3.63) is 35.4 Å². The number of benzene rings is 1. The summed E-state index contributed by atoms with van der Waals surface area (Å²) in [5.41, 5.74) is 2.02. The minimum Gasteiger partial charge on any atom is -0.392 e. The zero-order valence-electron chi connectivity index (χ0n) is 12.7. The van der Waals surface area contributed by atoms with Crippen molar-refractivity contribution in [3.63, 3.8) is 0 Å². The molecule has 1 saturated heterocycles. The van der Waals surface area contributed by atoms with Crippen molar-refractivity contribution in [1.29, 1.82) is 0 Å². The van der Waals surface area contributed by atoms with Crippen LogP contribution in [0.4, 0.5) is 0 Å². The van der Waals surface area contributed by atoms with Crippen LogP contribution in [-0.2, 0) is 0 Å². The van der Waals surface area contributed by atoms with Crippen molar-refractivity contribution in [2.75, 3.05) is 19.6 Å². The Morgan fingerprint density at radius 3 is 2.55 bits per heavy atom. The summed E-state index contributed by atoms with van der Waals surface area (Å²) in [5.74, 6) is 0.964. The smallest absolute Gasteiger partial charge is 0.176 e. The number of ketones is 1. The summed E-state index contributed by atoms with van der Waals surface area (Å²) >= 11 is 0. The summed E-state index contributed by atoms with van der Waals surface area (Å²) in [7, 11) is 0. The van der Waals surface area contributed by atoms with Gasteiger partial charge >= 0.3 is 0 Å². The Morgan fingerprint density at radius 1 is 1.35 bits per heavy atom. The van der Waals surface area contributed by atoms with Gasteiger partial charge in [-0.1, -0.05) is 45.0 Å². The number of aliphatic hydroxyl groups excluding tert-OH is 1. The third-order valence-electron chi connectivity index (χ3n) is 4.27. The molecule has 1 aliphatic heterocycles. The first-order valence-corrected chi connectivity index (χ1v) is 7.51. The second-order valence-corrected chi connectivity index (χ2v) is 6.27. The Hall–Kier alpha value is -1.19. The van der Waals surface area contributed by atoms with E-state index in [1.807, 2.05) is 24.3 Å². The monoisotopic (exact) mass is 275 g/mol. The van der Waals surface area contributed by atoms with E-state index in [0.29, 0.717) is 24.9 Å². The van der Waals surface area contributed by atoms with E-state index < -0.39 is 0 Å². The molecule has 3 heteroatoms. The SMILES string of the molecule is CC(C)c1ccc(C(=O)CN2CCC(C)C(O)C2)cc1. The zero-order valence-corrected chi connectivity index (χ0v) is 12.7. The van der Waals surface area contributed by atoms with Crippen LogP contribution < -0.4 is 0 Å². The van der Waals surface area contributed by atoms with Gasteiger partial charge in [-0.3, -0.25) is 9.69 Å². The van der Waals surface area contributed by atoms with Crippen molar-refractivity contribution in [2.45, 2.75) is 39.2 Å². The normalized spacial score (nSPS) is 24.1. The van der Waals surface area contributed by atoms with Crippen LogP contribution in [0.1, 0.15) is 49.0 Å². The van der Waals surface area contributed by atoms with Gasteiger partial charge in [-0.15, -0.1) is 0 Å². The highest BCUT2D eigenvalue weighted by atomic mass is 16.3. The summed E-state index contributed by atoms with van der Waals surface area (Å²) in [4.78, 5) is 14.3. The minimum atomic E-state index is -0.306. The summed E-state index contributed by atoms with van der Waals surface area (Å²) in [6.45, 7) is 8.27. The second-order valence-electron chi connectivity index (χ2n) is 6.27. The summed E-state index contributed by atoms with van der Waals surface area (Å²) in [5, 5.41) is 9.88. The second kappa shape index (κ2) is 6.51. The Balaban J connectivity index is 1.94. The van der Waals surface area contributed by atoms with Gasteiger partial charge in [0.15, 0.2) is 5.78 Å². The predicted octanol–water partition coefficient (Wildman–Crippen LogP) is 2.70. The van der Waals surface area contributed by atoms with Crippen LogP contribution in [-0.4, -0.2) is 41.5 Å². The minimum absolute atomic E-state index is 0.141. The Labute approximate surface area is 121 Å². The number of Topliss-reactive ketones (excluding diaryl/α,β-unsaturated/α-hetero) is 1. The number of nitrogens with zero attached hydrogens (tertiary/aromatic N) is 1. The van der Waals surface area contributed by atoms with Gasteiger partial charge in [-0.25, -0.2) is 0 Å². The molecule has 0 saturated carbocycles. The zero-order chi connectivity index (χ0) is 14.7. The van der Waals surface area contributed by atoms with Crippen molar-refractivity contribution in [1.82, 2.24) is 4.90 Å². The lowest BCUT2D eigenvalue weighted by atomic mass is 9.95. The van der Waals surface area contributed by atoms with Gasteiger partial charge in [0.1, 0.15) is 0 Å². The lowest BCUT2D eigenvalue weighted by molar-refractivity contribution is 0.0295. The first-order valence-electron chi connectivity index (χ1n) is 7.51. The number of piperidine rings is 1. The Kier molecular flexibility index (Phi) is 4.95. The number of hydrogen-bond acceptors (Lipinski definition) is 3. The van der Waals surface area contributed by atoms with E-state index in [9.17, 15) is 9.90 Å². The molecule has 0 amide bonds. The van der Waals surface area contributed by atoms with E-state index in [4.69, 9.17) is 0 Å². The molecule has 1 N–H and O–H groups in total. The molecule has 0 aliphatic carbocycles. The molecule has 1 aliphatic rings. The Morgan fingerprint density at radius 2 is 2.00 bits per heavy atom. The van der Waals surface area contributed by atoms with Crippen LogP contribution in [0.25, 0.3) is 0 Å². The molecule has 1 heterocycles. The molecule has 3 nitrogen and oxygen atoms in total. The molecule has 0 spiro atoms. The summed E-state index contributed by atoms with van der Waals surface area (Å²) in [6.07, 6.45) is 0.653. The highest BCUT2D eigenvalue weighted by molar-refractivity contribution is 5.97. The van der Waals surface area contributed by atoms with Crippen molar-refractivity contribution < 1.29 is 9.90 Å². The highest BCUT2D eigenvalue weighted by Gasteiger charge is 2.25. The number of rotatable bonds is 4. The molecule has 110 valence electrons. The van der Waals surface area contributed by atoms with Gasteiger partial charge in [0.25, 0.3) is 0 Å².